The van der Waals surface area contributed by atoms with Crippen molar-refractivity contribution in [2.24, 2.45) is 0 Å². The van der Waals surface area contributed by atoms with Gasteiger partial charge < -0.3 is 5.32 Å². The minimum atomic E-state index is -0.101. The highest BCUT2D eigenvalue weighted by Gasteiger charge is 2.22. The number of carbonyl (C=O) groups excluding carboxylic acids is 2. The Balaban J connectivity index is 3.18. The van der Waals surface area contributed by atoms with Crippen molar-refractivity contribution >= 4 is 11.7 Å². The number of nitrogens with one attached hydrogen (secondary N) is 1. The van der Waals surface area contributed by atoms with Gasteiger partial charge in [-0.3, -0.25) is 9.59 Å². The summed E-state index contributed by atoms with van der Waals surface area (Å²) in [6, 6.07) is 6.14. The van der Waals surface area contributed by atoms with Gasteiger partial charge in [0.25, 0.3) is 0 Å². The van der Waals surface area contributed by atoms with E-state index in [9.17, 15) is 9.59 Å². The molecule has 0 aliphatic heterocycles. The third kappa shape index (κ3) is 4.97. The van der Waals surface area contributed by atoms with Crippen molar-refractivity contribution in [1.29, 1.82) is 0 Å². The zero-order valence-electron chi connectivity index (χ0n) is 15.0. The van der Waals surface area contributed by atoms with Crippen LogP contribution in [-0.4, -0.2) is 18.7 Å². The topological polar surface area (TPSA) is 46.2 Å². The van der Waals surface area contributed by atoms with Gasteiger partial charge in [0.05, 0.1) is 0 Å². The van der Waals surface area contributed by atoms with Gasteiger partial charge in [0, 0.05) is 25.5 Å². The molecule has 0 saturated carbocycles. The fourth-order valence-corrected chi connectivity index (χ4v) is 2.15. The van der Waals surface area contributed by atoms with Crippen LogP contribution in [0.15, 0.2) is 18.2 Å². The van der Waals surface area contributed by atoms with Gasteiger partial charge in [-0.25, -0.2) is 0 Å². The van der Waals surface area contributed by atoms with E-state index in [1.807, 2.05) is 12.1 Å². The van der Waals surface area contributed by atoms with E-state index >= 15 is 0 Å². The highest BCUT2D eigenvalue weighted by atomic mass is 16.2. The van der Waals surface area contributed by atoms with Crippen LogP contribution in [0.1, 0.15) is 75.9 Å². The molecular weight excluding hydrogens is 274 g/mol. The highest BCUT2D eigenvalue weighted by molar-refractivity contribution is 5.98. The van der Waals surface area contributed by atoms with E-state index in [1.165, 1.54) is 0 Å². The van der Waals surface area contributed by atoms with Crippen molar-refractivity contribution in [3.8, 4) is 0 Å². The molecule has 0 aliphatic rings. The van der Waals surface area contributed by atoms with Crippen LogP contribution >= 0.6 is 0 Å². The molecule has 0 unspecified atom stereocenters. The van der Waals surface area contributed by atoms with Crippen LogP contribution in [0.5, 0.6) is 0 Å². The van der Waals surface area contributed by atoms with Crippen LogP contribution < -0.4 is 5.32 Å². The lowest BCUT2D eigenvalue weighted by Gasteiger charge is -2.26. The maximum absolute atomic E-state index is 12.4. The van der Waals surface area contributed by atoms with Gasteiger partial charge in [-0.1, -0.05) is 47.6 Å². The number of ketones is 1. The summed E-state index contributed by atoms with van der Waals surface area (Å²) in [4.78, 5) is 23.8. The highest BCUT2D eigenvalue weighted by Crippen LogP contribution is 2.30. The predicted molar refractivity (Wildman–Crippen MR) is 91.5 cm³/mol. The molecule has 22 heavy (non-hydrogen) atoms. The summed E-state index contributed by atoms with van der Waals surface area (Å²) in [5, 5.41) is 2.55. The van der Waals surface area contributed by atoms with Gasteiger partial charge in [0.2, 0.25) is 5.91 Å². The molecule has 0 fully saturated rings. The molecule has 0 aromatic heterocycles. The quantitative estimate of drug-likeness (QED) is 0.855. The molecule has 3 nitrogen and oxygen atoms in total. The monoisotopic (exact) mass is 303 g/mol. The van der Waals surface area contributed by atoms with Gasteiger partial charge in [0.1, 0.15) is 0 Å². The third-order valence-corrected chi connectivity index (χ3v) is 3.85. The van der Waals surface area contributed by atoms with E-state index in [-0.39, 0.29) is 35.4 Å². The Hall–Kier alpha value is -1.64. The summed E-state index contributed by atoms with van der Waals surface area (Å²) < 4.78 is 0. The van der Waals surface area contributed by atoms with Crippen LogP contribution in [0, 0.1) is 0 Å². The first kappa shape index (κ1) is 18.4. The molecule has 1 amide bonds. The fourth-order valence-electron chi connectivity index (χ4n) is 2.15. The molecule has 122 valence electrons. The zero-order valence-corrected chi connectivity index (χ0v) is 15.0. The van der Waals surface area contributed by atoms with E-state index in [0.717, 1.165) is 11.1 Å². The van der Waals surface area contributed by atoms with Crippen LogP contribution in [0.25, 0.3) is 0 Å². The summed E-state index contributed by atoms with van der Waals surface area (Å²) in [6.07, 6.45) is 0.483. The maximum atomic E-state index is 12.4. The Morgan fingerprint density at radius 2 is 1.32 bits per heavy atom. The van der Waals surface area contributed by atoms with Crippen LogP contribution in [0.3, 0.4) is 0 Å². The molecule has 0 spiro atoms. The molecule has 1 N–H and O–H groups in total. The van der Waals surface area contributed by atoms with Crippen molar-refractivity contribution < 1.29 is 9.59 Å². The molecule has 0 atom stereocenters. The molecule has 1 aromatic rings. The summed E-state index contributed by atoms with van der Waals surface area (Å²) in [5.41, 5.74) is 2.99. The molecule has 0 saturated heterocycles. The van der Waals surface area contributed by atoms with E-state index < -0.39 is 0 Å². The number of hydrogen-bond donors (Lipinski definition) is 1. The number of carbonyl (C=O) groups is 2. The van der Waals surface area contributed by atoms with Gasteiger partial charge in [-0.05, 0) is 34.1 Å². The van der Waals surface area contributed by atoms with Gasteiger partial charge in [-0.15, -0.1) is 0 Å². The minimum absolute atomic E-state index is 0.0168. The van der Waals surface area contributed by atoms with E-state index in [1.54, 1.807) is 7.05 Å². The van der Waals surface area contributed by atoms with Crippen molar-refractivity contribution in [1.82, 2.24) is 5.32 Å². The van der Waals surface area contributed by atoms with Crippen molar-refractivity contribution in [2.45, 2.75) is 65.2 Å². The molecule has 1 rings (SSSR count). The summed E-state index contributed by atoms with van der Waals surface area (Å²) in [6.45, 7) is 12.9. The Labute approximate surface area is 134 Å². The normalized spacial score (nSPS) is 12.1. The summed E-state index contributed by atoms with van der Waals surface area (Å²) in [5.74, 6) is -0.0726. The Kier molecular flexibility index (Phi) is 5.55. The molecule has 0 radical (unpaired) electrons. The van der Waals surface area contributed by atoms with E-state index in [0.29, 0.717) is 5.56 Å². The second kappa shape index (κ2) is 6.64. The number of Topliss-reactive ketones (excluding diaryl/α,β-unsaturated/α-hetero) is 1. The molecule has 0 aliphatic carbocycles. The number of hydrogen-bond acceptors (Lipinski definition) is 2. The third-order valence-electron chi connectivity index (χ3n) is 3.85. The maximum Gasteiger partial charge on any atom is 0.220 e. The average molecular weight is 303 g/mol. The number of benzene rings is 1. The Morgan fingerprint density at radius 3 is 1.68 bits per heavy atom. The van der Waals surface area contributed by atoms with Crippen molar-refractivity contribution in [2.75, 3.05) is 7.05 Å². The van der Waals surface area contributed by atoms with Crippen LogP contribution in [0.4, 0.5) is 0 Å². The first-order chi connectivity index (χ1) is 9.95. The second-order valence-corrected chi connectivity index (χ2v) is 7.90. The smallest absolute Gasteiger partial charge is 0.220 e. The Bertz CT molecular complexity index is 528. The average Bonchev–Trinajstić information content (AvgIpc) is 2.41. The largest absolute Gasteiger partial charge is 0.359 e. The first-order valence-corrected chi connectivity index (χ1v) is 7.85. The summed E-state index contributed by atoms with van der Waals surface area (Å²) in [7, 11) is 1.59. The minimum Gasteiger partial charge on any atom is -0.359 e. The van der Waals surface area contributed by atoms with Gasteiger partial charge in [0.15, 0.2) is 5.78 Å². The van der Waals surface area contributed by atoms with Crippen molar-refractivity contribution in [3.05, 3.63) is 34.9 Å². The van der Waals surface area contributed by atoms with E-state index in [2.05, 4.69) is 52.9 Å². The zero-order chi connectivity index (χ0) is 17.1. The lowest BCUT2D eigenvalue weighted by molar-refractivity contribution is -0.120. The van der Waals surface area contributed by atoms with Crippen molar-refractivity contribution in [3.63, 3.8) is 0 Å². The number of rotatable bonds is 4. The Morgan fingerprint density at radius 1 is 0.864 bits per heavy atom. The van der Waals surface area contributed by atoms with Gasteiger partial charge in [-0.2, -0.15) is 0 Å². The molecule has 1 aromatic carbocycles. The molecular formula is C19H29NO2. The predicted octanol–water partition coefficient (Wildman–Crippen LogP) is 3.99. The fraction of sp³-hybridized carbons (Fsp3) is 0.579. The lowest BCUT2D eigenvalue weighted by Crippen LogP contribution is -2.20. The number of amides is 1. The van der Waals surface area contributed by atoms with Crippen LogP contribution in [-0.2, 0) is 15.6 Å². The van der Waals surface area contributed by atoms with E-state index in [4.69, 9.17) is 0 Å². The van der Waals surface area contributed by atoms with Crippen LogP contribution in [0.2, 0.25) is 0 Å². The van der Waals surface area contributed by atoms with Gasteiger partial charge >= 0.3 is 0 Å². The molecule has 0 heterocycles. The SMILES string of the molecule is CNC(=O)CCC(=O)c1cc(C(C)(C)C)cc(C(C)(C)C)c1. The standard InChI is InChI=1S/C19H29NO2/c1-18(2,3)14-10-13(11-15(12-14)19(4,5)6)16(21)8-9-17(22)20-7/h10-12H,8-9H2,1-7H3,(H,20,22). The second-order valence-electron chi connectivity index (χ2n) is 7.90. The lowest BCUT2D eigenvalue weighted by atomic mass is 9.79. The molecule has 3 heteroatoms. The molecule has 0 bridgehead atoms. The first-order valence-electron chi connectivity index (χ1n) is 7.85. The summed E-state index contributed by atoms with van der Waals surface area (Å²) >= 11 is 0.